The number of anilines is 2. The third-order valence-electron chi connectivity index (χ3n) is 1.98. The average Bonchev–Trinajstić information content (AvgIpc) is 2.24. The number of rotatable bonds is 4. The van der Waals surface area contributed by atoms with Gasteiger partial charge in [-0.3, -0.25) is 0 Å². The summed E-state index contributed by atoms with van der Waals surface area (Å²) >= 11 is 0. The molecule has 0 fully saturated rings. The van der Waals surface area contributed by atoms with Gasteiger partial charge in [-0.2, -0.15) is 18.4 Å². The molecule has 0 aliphatic heterocycles. The molecule has 0 spiro atoms. The van der Waals surface area contributed by atoms with Crippen LogP contribution in [0.1, 0.15) is 18.4 Å². The molecule has 0 unspecified atom stereocenters. The van der Waals surface area contributed by atoms with Crippen LogP contribution in [0.5, 0.6) is 0 Å². The van der Waals surface area contributed by atoms with Gasteiger partial charge in [-0.1, -0.05) is 0 Å². The zero-order chi connectivity index (χ0) is 12.9. The van der Waals surface area contributed by atoms with E-state index in [0.717, 1.165) is 0 Å². The van der Waals surface area contributed by atoms with E-state index in [1.165, 1.54) is 12.3 Å². The number of nitrogens with one attached hydrogen (secondary N) is 1. The van der Waals surface area contributed by atoms with Crippen LogP contribution < -0.4 is 11.1 Å². The van der Waals surface area contributed by atoms with E-state index in [2.05, 4.69) is 10.3 Å². The summed E-state index contributed by atoms with van der Waals surface area (Å²) in [5.74, 6) is 0.297. The number of halogens is 3. The molecular weight excluding hydrogens is 233 g/mol. The van der Waals surface area contributed by atoms with Crippen LogP contribution in [0, 0.1) is 11.3 Å². The summed E-state index contributed by atoms with van der Waals surface area (Å²) in [6.07, 6.45) is -3.74. The molecule has 0 radical (unpaired) electrons. The van der Waals surface area contributed by atoms with Gasteiger partial charge in [-0.05, 0) is 12.5 Å². The van der Waals surface area contributed by atoms with Crippen molar-refractivity contribution in [2.75, 3.05) is 17.6 Å². The normalized spacial score (nSPS) is 10.9. The number of nitrogens with two attached hydrogens (primary N) is 1. The summed E-state index contributed by atoms with van der Waals surface area (Å²) in [4.78, 5) is 3.84. The van der Waals surface area contributed by atoms with E-state index in [4.69, 9.17) is 11.0 Å². The van der Waals surface area contributed by atoms with E-state index in [9.17, 15) is 13.2 Å². The smallest absolute Gasteiger partial charge is 0.389 e. The highest BCUT2D eigenvalue weighted by molar-refractivity contribution is 5.62. The number of nitriles is 1. The fourth-order valence-corrected chi connectivity index (χ4v) is 1.19. The molecule has 3 N–H and O–H groups in total. The summed E-state index contributed by atoms with van der Waals surface area (Å²) in [6, 6.07) is 3.28. The summed E-state index contributed by atoms with van der Waals surface area (Å²) in [7, 11) is 0. The van der Waals surface area contributed by atoms with Crippen LogP contribution in [-0.4, -0.2) is 17.7 Å². The number of hydrogen-bond acceptors (Lipinski definition) is 4. The van der Waals surface area contributed by atoms with Crippen molar-refractivity contribution in [3.63, 3.8) is 0 Å². The second-order valence-electron chi connectivity index (χ2n) is 3.42. The lowest BCUT2D eigenvalue weighted by Crippen LogP contribution is -2.12. The number of nitrogen functional groups attached to an aromatic ring is 1. The zero-order valence-electron chi connectivity index (χ0n) is 8.88. The Morgan fingerprint density at radius 3 is 2.71 bits per heavy atom. The maximum absolute atomic E-state index is 11.9. The van der Waals surface area contributed by atoms with Gasteiger partial charge in [-0.15, -0.1) is 0 Å². The quantitative estimate of drug-likeness (QED) is 0.797. The molecule has 0 aliphatic rings. The van der Waals surface area contributed by atoms with E-state index in [0.29, 0.717) is 11.4 Å². The number of hydrogen-bond donors (Lipinski definition) is 2. The van der Waals surface area contributed by atoms with Crippen LogP contribution in [0.25, 0.3) is 0 Å². The molecule has 1 rings (SSSR count). The van der Waals surface area contributed by atoms with Crippen molar-refractivity contribution in [2.45, 2.75) is 19.0 Å². The van der Waals surface area contributed by atoms with Crippen LogP contribution in [-0.2, 0) is 0 Å². The lowest BCUT2D eigenvalue weighted by Gasteiger charge is -2.09. The average molecular weight is 244 g/mol. The Bertz CT molecular complexity index is 423. The summed E-state index contributed by atoms with van der Waals surface area (Å²) in [6.45, 7) is 0.128. The first-order valence-electron chi connectivity index (χ1n) is 4.88. The lowest BCUT2D eigenvalue weighted by molar-refractivity contribution is -0.134. The van der Waals surface area contributed by atoms with Gasteiger partial charge in [0.05, 0.1) is 11.3 Å². The Labute approximate surface area is 96.3 Å². The summed E-state index contributed by atoms with van der Waals surface area (Å²) in [5, 5.41) is 11.3. The Hall–Kier alpha value is -1.97. The Kier molecular flexibility index (Phi) is 4.15. The van der Waals surface area contributed by atoms with Gasteiger partial charge < -0.3 is 11.1 Å². The Balaban J connectivity index is 2.45. The molecule has 0 aromatic carbocycles. The number of aromatic nitrogens is 1. The van der Waals surface area contributed by atoms with Crippen molar-refractivity contribution >= 4 is 11.5 Å². The van der Waals surface area contributed by atoms with Crippen molar-refractivity contribution in [3.8, 4) is 6.07 Å². The van der Waals surface area contributed by atoms with E-state index in [-0.39, 0.29) is 18.7 Å². The molecule has 0 bridgehead atoms. The number of nitrogens with zero attached hydrogens (tertiary/aromatic N) is 2. The van der Waals surface area contributed by atoms with Crippen LogP contribution in [0.2, 0.25) is 0 Å². The molecule has 0 atom stereocenters. The Morgan fingerprint density at radius 2 is 2.18 bits per heavy atom. The second-order valence-corrected chi connectivity index (χ2v) is 3.42. The molecule has 92 valence electrons. The van der Waals surface area contributed by atoms with Gasteiger partial charge in [0, 0.05) is 19.2 Å². The fraction of sp³-hybridized carbons (Fsp3) is 0.400. The van der Waals surface area contributed by atoms with Crippen molar-refractivity contribution in [1.82, 2.24) is 4.98 Å². The minimum atomic E-state index is -4.15. The third-order valence-corrected chi connectivity index (χ3v) is 1.98. The van der Waals surface area contributed by atoms with Gasteiger partial charge in [0.25, 0.3) is 0 Å². The molecule has 0 saturated heterocycles. The predicted molar refractivity (Wildman–Crippen MR) is 57.1 cm³/mol. The topological polar surface area (TPSA) is 74.7 Å². The van der Waals surface area contributed by atoms with E-state index in [1.807, 2.05) is 6.07 Å². The SMILES string of the molecule is N#Cc1cnc(NCCCC(F)(F)F)c(N)c1. The van der Waals surface area contributed by atoms with Gasteiger partial charge >= 0.3 is 6.18 Å². The number of pyridine rings is 1. The molecule has 1 heterocycles. The van der Waals surface area contributed by atoms with Crippen LogP contribution >= 0.6 is 0 Å². The van der Waals surface area contributed by atoms with E-state index >= 15 is 0 Å². The van der Waals surface area contributed by atoms with Crippen molar-refractivity contribution < 1.29 is 13.2 Å². The molecule has 4 nitrogen and oxygen atoms in total. The Morgan fingerprint density at radius 1 is 1.47 bits per heavy atom. The molecule has 1 aromatic rings. The van der Waals surface area contributed by atoms with Crippen LogP contribution in [0.15, 0.2) is 12.3 Å². The molecule has 0 amide bonds. The first kappa shape index (κ1) is 13.1. The highest BCUT2D eigenvalue weighted by Crippen LogP contribution is 2.21. The standard InChI is InChI=1S/C10H11F3N4/c11-10(12,13)2-1-3-16-9-8(15)4-7(5-14)6-17-9/h4,6H,1-3,15H2,(H,16,17). The second kappa shape index (κ2) is 5.39. The van der Waals surface area contributed by atoms with Crippen molar-refractivity contribution in [1.29, 1.82) is 5.26 Å². The fourth-order valence-electron chi connectivity index (χ4n) is 1.19. The predicted octanol–water partition coefficient (Wildman–Crippen LogP) is 2.29. The highest BCUT2D eigenvalue weighted by atomic mass is 19.4. The number of alkyl halides is 3. The monoisotopic (exact) mass is 244 g/mol. The molecule has 0 aliphatic carbocycles. The minimum Gasteiger partial charge on any atom is -0.396 e. The molecule has 7 heteroatoms. The molecular formula is C10H11F3N4. The first-order valence-corrected chi connectivity index (χ1v) is 4.88. The molecule has 1 aromatic heterocycles. The highest BCUT2D eigenvalue weighted by Gasteiger charge is 2.25. The minimum absolute atomic E-state index is 0.0510. The molecule has 17 heavy (non-hydrogen) atoms. The van der Waals surface area contributed by atoms with E-state index < -0.39 is 12.6 Å². The van der Waals surface area contributed by atoms with Crippen molar-refractivity contribution in [2.24, 2.45) is 0 Å². The maximum atomic E-state index is 11.9. The zero-order valence-corrected chi connectivity index (χ0v) is 8.88. The van der Waals surface area contributed by atoms with Gasteiger partial charge in [-0.25, -0.2) is 4.98 Å². The van der Waals surface area contributed by atoms with Gasteiger partial charge in [0.1, 0.15) is 11.9 Å². The molecule has 0 saturated carbocycles. The van der Waals surface area contributed by atoms with Gasteiger partial charge in [0.2, 0.25) is 0 Å². The largest absolute Gasteiger partial charge is 0.396 e. The third kappa shape index (κ3) is 4.59. The maximum Gasteiger partial charge on any atom is 0.389 e. The van der Waals surface area contributed by atoms with Crippen LogP contribution in [0.4, 0.5) is 24.7 Å². The summed E-state index contributed by atoms with van der Waals surface area (Å²) < 4.78 is 35.6. The first-order chi connectivity index (χ1) is 7.92. The van der Waals surface area contributed by atoms with Crippen molar-refractivity contribution in [3.05, 3.63) is 17.8 Å². The lowest BCUT2D eigenvalue weighted by atomic mass is 10.2. The van der Waals surface area contributed by atoms with Crippen LogP contribution in [0.3, 0.4) is 0 Å². The van der Waals surface area contributed by atoms with E-state index in [1.54, 1.807) is 0 Å². The van der Waals surface area contributed by atoms with Gasteiger partial charge in [0.15, 0.2) is 0 Å². The summed E-state index contributed by atoms with van der Waals surface area (Å²) in [5.41, 5.74) is 6.12.